The van der Waals surface area contributed by atoms with Gasteiger partial charge in [0.2, 0.25) is 0 Å². The van der Waals surface area contributed by atoms with Crippen LogP contribution in [0.5, 0.6) is 0 Å². The van der Waals surface area contributed by atoms with Gasteiger partial charge in [-0.05, 0) is 0 Å². The monoisotopic (exact) mass is 497 g/mol. The van der Waals surface area contributed by atoms with E-state index < -0.39 is 29.2 Å². The molecule has 0 saturated carbocycles. The van der Waals surface area contributed by atoms with Crippen LogP contribution in [0.1, 0.15) is 39.0 Å². The van der Waals surface area contributed by atoms with Gasteiger partial charge in [-0.1, -0.05) is 0 Å². The maximum atomic E-state index is 6.67. The van der Waals surface area contributed by atoms with Crippen LogP contribution in [0.25, 0.3) is 0 Å². The molecule has 0 aromatic heterocycles. The summed E-state index contributed by atoms with van der Waals surface area (Å²) in [5, 5.41) is 0. The van der Waals surface area contributed by atoms with E-state index in [1.165, 1.54) is 33.1 Å². The van der Waals surface area contributed by atoms with E-state index in [2.05, 4.69) is 81.2 Å². The minimum atomic E-state index is -1.65. The molecule has 0 N–H and O–H groups in total. The molecule has 2 aromatic carbocycles. The second kappa shape index (κ2) is 11.8. The van der Waals surface area contributed by atoms with E-state index in [1.807, 2.05) is 6.07 Å². The van der Waals surface area contributed by atoms with Crippen molar-refractivity contribution in [2.45, 2.75) is 64.8 Å². The number of hydrogen-bond acceptors (Lipinski definition) is 2. The van der Waals surface area contributed by atoms with Crippen LogP contribution in [-0.4, -0.2) is 39.1 Å². The number of hydrogen-bond donors (Lipinski definition) is 0. The van der Waals surface area contributed by atoms with E-state index in [0.29, 0.717) is 0 Å². The molecule has 0 aliphatic carbocycles. The van der Waals surface area contributed by atoms with E-state index in [0.717, 1.165) is 12.1 Å². The fourth-order valence-electron chi connectivity index (χ4n) is 2.82. The van der Waals surface area contributed by atoms with Crippen molar-refractivity contribution in [1.82, 2.24) is 0 Å². The van der Waals surface area contributed by atoms with E-state index >= 15 is 0 Å². The van der Waals surface area contributed by atoms with E-state index in [9.17, 15) is 0 Å². The van der Waals surface area contributed by atoms with Gasteiger partial charge in [0.15, 0.2) is 0 Å². The summed E-state index contributed by atoms with van der Waals surface area (Å²) in [6.07, 6.45) is 6.33. The summed E-state index contributed by atoms with van der Waals surface area (Å²) < 4.78 is 9.38. The molecule has 2 nitrogen and oxygen atoms in total. The fraction of sp³-hybridized carbons (Fsp3) is 0.435. The summed E-state index contributed by atoms with van der Waals surface area (Å²) in [5.74, 6) is 0. The molecule has 0 fully saturated rings. The molecule has 0 saturated heterocycles. The molecule has 2 aromatic rings. The van der Waals surface area contributed by atoms with Crippen molar-refractivity contribution < 1.29 is 4.43 Å². The summed E-state index contributed by atoms with van der Waals surface area (Å²) in [7, 11) is -1.65. The first kappa shape index (κ1) is 22.4. The molecule has 0 spiro atoms. The van der Waals surface area contributed by atoms with Crippen molar-refractivity contribution in [3.05, 3.63) is 60.7 Å². The van der Waals surface area contributed by atoms with Gasteiger partial charge in [-0.25, -0.2) is 0 Å². The van der Waals surface area contributed by atoms with E-state index in [-0.39, 0.29) is 6.10 Å². The number of nitrogens with zero attached hydrogens (tertiary/aromatic N) is 1. The van der Waals surface area contributed by atoms with Crippen LogP contribution in [0.4, 0.5) is 5.69 Å². The van der Waals surface area contributed by atoms with Crippen molar-refractivity contribution in [2.75, 3.05) is 0 Å². The standard InChI is InChI=1S/C23H33NOSiTe/c1-5-6-7-14-19-22(25-26(2,3)4)23(24-20-15-10-8-11-16-20)27-21-17-12-9-13-18-21/h8-13,15-18,22H,5-7,14,19H2,1-4H3. The fourth-order valence-corrected chi connectivity index (χ4v) is 6.97. The van der Waals surface area contributed by atoms with Gasteiger partial charge in [0.05, 0.1) is 0 Å². The number of aliphatic imine (C=N–C) groups is 1. The van der Waals surface area contributed by atoms with Gasteiger partial charge in [-0.3, -0.25) is 0 Å². The number of benzene rings is 2. The Morgan fingerprint density at radius 2 is 1.56 bits per heavy atom. The molecule has 0 amide bonds. The van der Waals surface area contributed by atoms with E-state index in [1.54, 1.807) is 0 Å². The minimum absolute atomic E-state index is 0.163. The van der Waals surface area contributed by atoms with Gasteiger partial charge in [0.25, 0.3) is 0 Å². The van der Waals surface area contributed by atoms with Crippen LogP contribution in [0, 0.1) is 0 Å². The maximum absolute atomic E-state index is 6.67. The van der Waals surface area contributed by atoms with Gasteiger partial charge in [0.1, 0.15) is 0 Å². The normalized spacial score (nSPS) is 13.6. The molecule has 0 bridgehead atoms. The summed E-state index contributed by atoms with van der Waals surface area (Å²) >= 11 is -0.554. The first-order valence-corrected chi connectivity index (χ1v) is 15.8. The predicted octanol–water partition coefficient (Wildman–Crippen LogP) is 5.94. The first-order chi connectivity index (χ1) is 13.0. The topological polar surface area (TPSA) is 21.6 Å². The summed E-state index contributed by atoms with van der Waals surface area (Å²) in [4.78, 5) is 5.11. The summed E-state index contributed by atoms with van der Waals surface area (Å²) in [6.45, 7) is 9.12. The molecule has 0 heterocycles. The third kappa shape index (κ3) is 9.21. The zero-order valence-electron chi connectivity index (χ0n) is 17.2. The average molecular weight is 495 g/mol. The summed E-state index contributed by atoms with van der Waals surface area (Å²) in [6, 6.07) is 21.2. The molecule has 4 heteroatoms. The molecule has 0 aliphatic heterocycles. The van der Waals surface area contributed by atoms with Crippen molar-refractivity contribution in [3.8, 4) is 0 Å². The van der Waals surface area contributed by atoms with Crippen LogP contribution >= 0.6 is 0 Å². The van der Waals surface area contributed by atoms with Gasteiger partial charge < -0.3 is 0 Å². The molecular formula is C23H33NOSiTe. The Morgan fingerprint density at radius 3 is 2.15 bits per heavy atom. The van der Waals surface area contributed by atoms with E-state index in [4.69, 9.17) is 9.42 Å². The van der Waals surface area contributed by atoms with Gasteiger partial charge in [-0.15, -0.1) is 0 Å². The van der Waals surface area contributed by atoms with Crippen molar-refractivity contribution in [1.29, 1.82) is 0 Å². The third-order valence-electron chi connectivity index (χ3n) is 4.05. The average Bonchev–Trinajstić information content (AvgIpc) is 2.64. The SMILES string of the molecule is CCCCCCC(O[Si](C)(C)C)C(=Nc1ccccc1)[Te]c1ccccc1. The van der Waals surface area contributed by atoms with Crippen LogP contribution < -0.4 is 3.61 Å². The molecule has 146 valence electrons. The number of unbranched alkanes of at least 4 members (excludes halogenated alkanes) is 3. The number of para-hydroxylation sites is 1. The van der Waals surface area contributed by atoms with Crippen molar-refractivity contribution in [2.24, 2.45) is 4.99 Å². The Labute approximate surface area is 176 Å². The molecule has 1 unspecified atom stereocenters. The van der Waals surface area contributed by atoms with Gasteiger partial charge in [0, 0.05) is 0 Å². The zero-order valence-corrected chi connectivity index (χ0v) is 20.5. The zero-order chi connectivity index (χ0) is 19.5. The van der Waals surface area contributed by atoms with Gasteiger partial charge >= 0.3 is 177 Å². The molecule has 2 rings (SSSR count). The number of rotatable bonds is 11. The second-order valence-corrected chi connectivity index (χ2v) is 15.4. The first-order valence-electron chi connectivity index (χ1n) is 10.0. The Kier molecular flexibility index (Phi) is 9.79. The van der Waals surface area contributed by atoms with Crippen LogP contribution in [0.15, 0.2) is 65.7 Å². The molecule has 1 atom stereocenters. The molecule has 0 aliphatic rings. The second-order valence-electron chi connectivity index (χ2n) is 7.77. The van der Waals surface area contributed by atoms with Crippen LogP contribution in [-0.2, 0) is 4.43 Å². The Hall–Kier alpha value is -0.924. The third-order valence-corrected chi connectivity index (χ3v) is 8.10. The van der Waals surface area contributed by atoms with Gasteiger partial charge in [-0.2, -0.15) is 0 Å². The Morgan fingerprint density at radius 1 is 0.926 bits per heavy atom. The molecule has 0 radical (unpaired) electrons. The Balaban J connectivity index is 2.28. The molecular weight excluding hydrogens is 462 g/mol. The predicted molar refractivity (Wildman–Crippen MR) is 122 cm³/mol. The molecule has 27 heavy (non-hydrogen) atoms. The van der Waals surface area contributed by atoms with Crippen molar-refractivity contribution in [3.63, 3.8) is 0 Å². The van der Waals surface area contributed by atoms with Crippen molar-refractivity contribution >= 4 is 42.3 Å². The quantitative estimate of drug-likeness (QED) is 0.215. The summed E-state index contributed by atoms with van der Waals surface area (Å²) in [5.41, 5.74) is 1.05. The van der Waals surface area contributed by atoms with Crippen LogP contribution in [0.3, 0.4) is 0 Å². The van der Waals surface area contributed by atoms with Crippen LogP contribution in [0.2, 0.25) is 19.6 Å². The Bertz CT molecular complexity index is 683.